The molecule has 2 rings (SSSR count). The lowest BCUT2D eigenvalue weighted by molar-refractivity contribution is 0.424. The maximum atomic E-state index is 8.97. The molecule has 0 aromatic carbocycles. The van der Waals surface area contributed by atoms with Gasteiger partial charge in [0.2, 0.25) is 0 Å². The molecule has 1 aromatic heterocycles. The SMILES string of the molecule is C[C@H]1CCCN(c2nc(B(O)O)cs2)C1. The molecule has 1 aromatic rings. The summed E-state index contributed by atoms with van der Waals surface area (Å²) in [7, 11) is -1.45. The first-order chi connectivity index (χ1) is 7.16. The molecule has 6 heteroatoms. The first kappa shape index (κ1) is 10.9. The third-order valence-electron chi connectivity index (χ3n) is 2.70. The molecule has 4 nitrogen and oxygen atoms in total. The molecule has 0 bridgehead atoms. The van der Waals surface area contributed by atoms with Gasteiger partial charge in [0, 0.05) is 18.5 Å². The normalized spacial score (nSPS) is 21.8. The van der Waals surface area contributed by atoms with Crippen molar-refractivity contribution < 1.29 is 10.0 Å². The molecule has 1 fully saturated rings. The van der Waals surface area contributed by atoms with Gasteiger partial charge in [-0.05, 0) is 18.8 Å². The van der Waals surface area contributed by atoms with Crippen molar-refractivity contribution in [2.75, 3.05) is 18.0 Å². The van der Waals surface area contributed by atoms with Crippen LogP contribution in [0.2, 0.25) is 0 Å². The fraction of sp³-hybridized carbons (Fsp3) is 0.667. The lowest BCUT2D eigenvalue weighted by Gasteiger charge is -2.30. The van der Waals surface area contributed by atoms with Crippen molar-refractivity contribution in [3.05, 3.63) is 5.38 Å². The van der Waals surface area contributed by atoms with E-state index in [1.54, 1.807) is 5.38 Å². The van der Waals surface area contributed by atoms with Gasteiger partial charge in [-0.3, -0.25) is 0 Å². The minimum atomic E-state index is -1.45. The minimum absolute atomic E-state index is 0.355. The molecule has 2 N–H and O–H groups in total. The lowest BCUT2D eigenvalue weighted by Crippen LogP contribution is -2.36. The van der Waals surface area contributed by atoms with Crippen LogP contribution in [0.3, 0.4) is 0 Å². The molecule has 0 radical (unpaired) electrons. The Morgan fingerprint density at radius 3 is 3.00 bits per heavy atom. The van der Waals surface area contributed by atoms with Crippen LogP contribution >= 0.6 is 11.3 Å². The molecule has 1 saturated heterocycles. The molecule has 0 saturated carbocycles. The highest BCUT2D eigenvalue weighted by Crippen LogP contribution is 2.23. The van der Waals surface area contributed by atoms with E-state index in [0.29, 0.717) is 11.5 Å². The maximum absolute atomic E-state index is 8.97. The zero-order valence-electron chi connectivity index (χ0n) is 8.76. The van der Waals surface area contributed by atoms with E-state index in [4.69, 9.17) is 10.0 Å². The van der Waals surface area contributed by atoms with Crippen LogP contribution in [0.1, 0.15) is 19.8 Å². The summed E-state index contributed by atoms with van der Waals surface area (Å²) in [6.07, 6.45) is 2.47. The van der Waals surface area contributed by atoms with Crippen LogP contribution in [0.5, 0.6) is 0 Å². The van der Waals surface area contributed by atoms with E-state index in [9.17, 15) is 0 Å². The smallest absolute Gasteiger partial charge is 0.422 e. The average molecular weight is 226 g/mol. The molecular weight excluding hydrogens is 211 g/mol. The summed E-state index contributed by atoms with van der Waals surface area (Å²) in [5.74, 6) is 0.699. The predicted molar refractivity (Wildman–Crippen MR) is 62.6 cm³/mol. The monoisotopic (exact) mass is 226 g/mol. The molecule has 15 heavy (non-hydrogen) atoms. The molecule has 0 amide bonds. The van der Waals surface area contributed by atoms with Crippen molar-refractivity contribution in [1.29, 1.82) is 0 Å². The fourth-order valence-electron chi connectivity index (χ4n) is 1.90. The second kappa shape index (κ2) is 4.51. The summed E-state index contributed by atoms with van der Waals surface area (Å²) in [6, 6.07) is 0. The standard InChI is InChI=1S/C9H15BN2O2S/c1-7-3-2-4-12(5-7)9-11-8(6-15-9)10(13)14/h6-7,13-14H,2-5H2,1H3/t7-/m0/s1. The first-order valence-corrected chi connectivity index (χ1v) is 6.11. The van der Waals surface area contributed by atoms with E-state index < -0.39 is 7.12 Å². The number of hydrogen-bond acceptors (Lipinski definition) is 5. The van der Waals surface area contributed by atoms with Gasteiger partial charge < -0.3 is 14.9 Å². The Morgan fingerprint density at radius 1 is 1.60 bits per heavy atom. The molecule has 1 atom stereocenters. The number of anilines is 1. The van der Waals surface area contributed by atoms with E-state index in [2.05, 4.69) is 16.8 Å². The molecule has 1 aliphatic rings. The van der Waals surface area contributed by atoms with Crippen LogP contribution in [0, 0.1) is 5.92 Å². The Kier molecular flexibility index (Phi) is 3.28. The highest BCUT2D eigenvalue weighted by Gasteiger charge is 2.21. The van der Waals surface area contributed by atoms with Gasteiger partial charge in [0.05, 0.1) is 5.59 Å². The topological polar surface area (TPSA) is 56.6 Å². The zero-order chi connectivity index (χ0) is 10.8. The first-order valence-electron chi connectivity index (χ1n) is 5.23. The van der Waals surface area contributed by atoms with E-state index in [-0.39, 0.29) is 0 Å². The molecular formula is C9H15BN2O2S. The van der Waals surface area contributed by atoms with Crippen LogP contribution in [-0.4, -0.2) is 35.2 Å². The van der Waals surface area contributed by atoms with Crippen molar-refractivity contribution in [2.24, 2.45) is 5.92 Å². The Bertz CT molecular complexity index is 332. The van der Waals surface area contributed by atoms with E-state index >= 15 is 0 Å². The van der Waals surface area contributed by atoms with Crippen LogP contribution < -0.4 is 10.5 Å². The van der Waals surface area contributed by atoms with Crippen molar-refractivity contribution in [3.8, 4) is 0 Å². The van der Waals surface area contributed by atoms with Gasteiger partial charge in [-0.25, -0.2) is 4.98 Å². The largest absolute Gasteiger partial charge is 0.509 e. The van der Waals surface area contributed by atoms with Gasteiger partial charge in [0.25, 0.3) is 0 Å². The fourth-order valence-corrected chi connectivity index (χ4v) is 2.78. The summed E-state index contributed by atoms with van der Waals surface area (Å²) in [6.45, 7) is 4.29. The summed E-state index contributed by atoms with van der Waals surface area (Å²) < 4.78 is 0. The molecule has 0 unspecified atom stereocenters. The van der Waals surface area contributed by atoms with E-state index in [0.717, 1.165) is 18.2 Å². The predicted octanol–water partition coefficient (Wildman–Crippen LogP) is 0.0592. The van der Waals surface area contributed by atoms with E-state index in [1.165, 1.54) is 24.2 Å². The average Bonchev–Trinajstić information content (AvgIpc) is 2.66. The zero-order valence-corrected chi connectivity index (χ0v) is 9.57. The van der Waals surface area contributed by atoms with Gasteiger partial charge in [0.1, 0.15) is 0 Å². The van der Waals surface area contributed by atoms with Crippen molar-refractivity contribution >= 4 is 29.2 Å². The van der Waals surface area contributed by atoms with Crippen LogP contribution in [0.4, 0.5) is 5.13 Å². The summed E-state index contributed by atoms with van der Waals surface area (Å²) in [5, 5.41) is 20.6. The van der Waals surface area contributed by atoms with Crippen LogP contribution in [-0.2, 0) is 0 Å². The quantitative estimate of drug-likeness (QED) is 0.700. The highest BCUT2D eigenvalue weighted by molar-refractivity contribution is 7.14. The third-order valence-corrected chi connectivity index (χ3v) is 3.62. The second-order valence-corrected chi connectivity index (χ2v) is 4.96. The number of hydrogen-bond donors (Lipinski definition) is 2. The van der Waals surface area contributed by atoms with Crippen molar-refractivity contribution in [2.45, 2.75) is 19.8 Å². The molecule has 2 heterocycles. The number of thiazole rings is 1. The summed E-state index contributed by atoms with van der Waals surface area (Å²) in [5.41, 5.74) is 0.355. The van der Waals surface area contributed by atoms with Gasteiger partial charge in [-0.1, -0.05) is 6.92 Å². The van der Waals surface area contributed by atoms with Crippen molar-refractivity contribution in [1.82, 2.24) is 4.98 Å². The molecule has 0 aliphatic carbocycles. The van der Waals surface area contributed by atoms with E-state index in [1.807, 2.05) is 0 Å². The van der Waals surface area contributed by atoms with Gasteiger partial charge in [-0.15, -0.1) is 11.3 Å². The van der Waals surface area contributed by atoms with Crippen molar-refractivity contribution in [3.63, 3.8) is 0 Å². The number of nitrogens with zero attached hydrogens (tertiary/aromatic N) is 2. The minimum Gasteiger partial charge on any atom is -0.422 e. The third kappa shape index (κ3) is 2.51. The molecule has 0 spiro atoms. The number of aromatic nitrogens is 1. The lowest BCUT2D eigenvalue weighted by atomic mass is 9.88. The Balaban J connectivity index is 2.08. The van der Waals surface area contributed by atoms with Crippen LogP contribution in [0.25, 0.3) is 0 Å². The Hall–Kier alpha value is -0.585. The van der Waals surface area contributed by atoms with Gasteiger partial charge in [0.15, 0.2) is 5.13 Å². The number of rotatable bonds is 2. The summed E-state index contributed by atoms with van der Waals surface area (Å²) >= 11 is 1.48. The molecule has 1 aliphatic heterocycles. The Morgan fingerprint density at radius 2 is 2.40 bits per heavy atom. The van der Waals surface area contributed by atoms with Gasteiger partial charge in [-0.2, -0.15) is 0 Å². The number of piperidine rings is 1. The second-order valence-electron chi connectivity index (χ2n) is 4.12. The van der Waals surface area contributed by atoms with Crippen LogP contribution in [0.15, 0.2) is 5.38 Å². The Labute approximate surface area is 93.7 Å². The maximum Gasteiger partial charge on any atom is 0.509 e. The van der Waals surface area contributed by atoms with Gasteiger partial charge >= 0.3 is 7.12 Å². The molecule has 82 valence electrons. The highest BCUT2D eigenvalue weighted by atomic mass is 32.1. The summed E-state index contributed by atoms with van der Waals surface area (Å²) in [4.78, 5) is 6.44.